The van der Waals surface area contributed by atoms with Gasteiger partial charge in [0.15, 0.2) is 0 Å². The third kappa shape index (κ3) is 6.30. The van der Waals surface area contributed by atoms with Crippen LogP contribution in [-0.4, -0.2) is 51.0 Å². The van der Waals surface area contributed by atoms with Crippen molar-refractivity contribution in [2.45, 2.75) is 25.7 Å². The lowest BCUT2D eigenvalue weighted by atomic mass is 10.1. The maximum absolute atomic E-state index is 13.1. The number of sulfonamides is 1. The van der Waals surface area contributed by atoms with Crippen LogP contribution in [0.1, 0.15) is 36.0 Å². The second kappa shape index (κ2) is 10.3. The molecule has 0 bridgehead atoms. The van der Waals surface area contributed by atoms with Crippen LogP contribution in [0, 0.1) is 0 Å². The van der Waals surface area contributed by atoms with Gasteiger partial charge in [0.2, 0.25) is 15.9 Å². The summed E-state index contributed by atoms with van der Waals surface area (Å²) in [6.45, 7) is 1.01. The Morgan fingerprint density at radius 2 is 1.61 bits per heavy atom. The van der Waals surface area contributed by atoms with Crippen LogP contribution < -0.4 is 9.62 Å². The van der Waals surface area contributed by atoms with Crippen molar-refractivity contribution in [2.24, 2.45) is 0 Å². The second-order valence-electron chi connectivity index (χ2n) is 7.55. The molecule has 1 fully saturated rings. The Kier molecular flexibility index (Phi) is 7.72. The number of carbonyl (C=O) groups excluding carboxylic acids is 2. The summed E-state index contributed by atoms with van der Waals surface area (Å²) < 4.78 is 26.4. The summed E-state index contributed by atoms with van der Waals surface area (Å²) in [5.74, 6) is -0.643. The van der Waals surface area contributed by atoms with Gasteiger partial charge < -0.3 is 10.2 Å². The fourth-order valence-corrected chi connectivity index (χ4v) is 4.67. The zero-order valence-corrected chi connectivity index (χ0v) is 19.8. The molecule has 0 aliphatic carbocycles. The molecule has 1 N–H and O–H groups in total. The maximum atomic E-state index is 13.1. The number of para-hydroxylation sites is 1. The third-order valence-corrected chi connectivity index (χ3v) is 6.80. The van der Waals surface area contributed by atoms with Crippen LogP contribution in [0.3, 0.4) is 0 Å². The van der Waals surface area contributed by atoms with Gasteiger partial charge in [0.1, 0.15) is 6.54 Å². The molecule has 0 saturated carbocycles. The average Bonchev–Trinajstić information content (AvgIpc) is 3.01. The Bertz CT molecular complexity index is 1030. The van der Waals surface area contributed by atoms with Crippen LogP contribution in [0.2, 0.25) is 0 Å². The number of amides is 2. The van der Waals surface area contributed by atoms with E-state index in [9.17, 15) is 18.0 Å². The average molecular weight is 508 g/mol. The van der Waals surface area contributed by atoms with Gasteiger partial charge in [-0.15, -0.1) is 0 Å². The molecule has 2 aromatic carbocycles. The molecule has 0 spiro atoms. The van der Waals surface area contributed by atoms with Crippen LogP contribution in [0.4, 0.5) is 11.4 Å². The summed E-state index contributed by atoms with van der Waals surface area (Å²) in [6, 6.07) is 13.5. The summed E-state index contributed by atoms with van der Waals surface area (Å²) in [6.07, 6.45) is 5.21. The Morgan fingerprint density at radius 3 is 2.23 bits per heavy atom. The summed E-state index contributed by atoms with van der Waals surface area (Å²) in [4.78, 5) is 27.6. The van der Waals surface area contributed by atoms with Crippen LogP contribution in [0.15, 0.2) is 53.0 Å². The summed E-state index contributed by atoms with van der Waals surface area (Å²) >= 11 is 3.32. The van der Waals surface area contributed by atoms with E-state index in [4.69, 9.17) is 0 Å². The zero-order valence-electron chi connectivity index (χ0n) is 17.4. The minimum absolute atomic E-state index is 0.120. The van der Waals surface area contributed by atoms with Gasteiger partial charge >= 0.3 is 0 Å². The van der Waals surface area contributed by atoms with Crippen molar-refractivity contribution in [1.82, 2.24) is 4.90 Å². The summed E-state index contributed by atoms with van der Waals surface area (Å²) in [7, 11) is -3.68. The number of hydrogen-bond donors (Lipinski definition) is 1. The third-order valence-electron chi connectivity index (χ3n) is 5.13. The SMILES string of the molecule is CS(=O)(=O)N(CC(=O)Nc1ccccc1C(=O)N1CCCCCC1)c1ccc(Br)cc1. The smallest absolute Gasteiger partial charge is 0.255 e. The van der Waals surface area contributed by atoms with Crippen LogP contribution >= 0.6 is 15.9 Å². The topological polar surface area (TPSA) is 86.8 Å². The molecule has 0 aromatic heterocycles. The molecule has 2 aromatic rings. The van der Waals surface area contributed by atoms with E-state index in [1.165, 1.54) is 0 Å². The van der Waals surface area contributed by atoms with E-state index in [1.807, 2.05) is 4.90 Å². The van der Waals surface area contributed by atoms with Gasteiger partial charge in [-0.05, 0) is 49.2 Å². The minimum atomic E-state index is -3.68. The Balaban J connectivity index is 1.78. The zero-order chi connectivity index (χ0) is 22.4. The molecule has 7 nitrogen and oxygen atoms in total. The van der Waals surface area contributed by atoms with Gasteiger partial charge in [-0.3, -0.25) is 13.9 Å². The van der Waals surface area contributed by atoms with Crippen molar-refractivity contribution in [2.75, 3.05) is 35.5 Å². The first-order valence-corrected chi connectivity index (χ1v) is 12.8. The van der Waals surface area contributed by atoms with E-state index in [2.05, 4.69) is 21.2 Å². The first-order valence-electron chi connectivity index (χ1n) is 10.2. The number of benzene rings is 2. The molecule has 166 valence electrons. The van der Waals surface area contributed by atoms with Gasteiger partial charge in [-0.2, -0.15) is 0 Å². The highest BCUT2D eigenvalue weighted by atomic mass is 79.9. The number of nitrogens with one attached hydrogen (secondary N) is 1. The largest absolute Gasteiger partial charge is 0.339 e. The van der Waals surface area contributed by atoms with E-state index >= 15 is 0 Å². The van der Waals surface area contributed by atoms with Gasteiger partial charge in [0.25, 0.3) is 5.91 Å². The molecular weight excluding hydrogens is 482 g/mol. The lowest BCUT2D eigenvalue weighted by Crippen LogP contribution is -2.38. The first-order chi connectivity index (χ1) is 14.8. The van der Waals surface area contributed by atoms with Crippen LogP contribution in [-0.2, 0) is 14.8 Å². The van der Waals surface area contributed by atoms with E-state index in [0.717, 1.165) is 40.7 Å². The normalized spacial score (nSPS) is 14.6. The predicted octanol–water partition coefficient (Wildman–Crippen LogP) is 3.87. The number of nitrogens with zero attached hydrogens (tertiary/aromatic N) is 2. The summed E-state index contributed by atoms with van der Waals surface area (Å²) in [5.41, 5.74) is 1.17. The standard InChI is InChI=1S/C22H26BrN3O4S/c1-31(29,30)26(18-12-10-17(23)11-13-18)16-21(27)24-20-9-5-4-8-19(20)22(28)25-14-6-2-3-7-15-25/h4-5,8-13H,2-3,6-7,14-16H2,1H3,(H,24,27). The summed E-state index contributed by atoms with van der Waals surface area (Å²) in [5, 5.41) is 2.73. The number of rotatable bonds is 6. The molecular formula is C22H26BrN3O4S. The lowest BCUT2D eigenvalue weighted by Gasteiger charge is -2.23. The number of halogens is 1. The molecule has 1 saturated heterocycles. The van der Waals surface area contributed by atoms with Gasteiger partial charge in [0.05, 0.1) is 23.2 Å². The fourth-order valence-electron chi connectivity index (χ4n) is 3.55. The monoisotopic (exact) mass is 507 g/mol. The van der Waals surface area contributed by atoms with Crippen molar-refractivity contribution in [1.29, 1.82) is 0 Å². The Labute approximate surface area is 191 Å². The van der Waals surface area contributed by atoms with Crippen LogP contribution in [0.25, 0.3) is 0 Å². The molecule has 0 atom stereocenters. The van der Waals surface area contributed by atoms with E-state index < -0.39 is 22.5 Å². The molecule has 9 heteroatoms. The Morgan fingerprint density at radius 1 is 1.00 bits per heavy atom. The number of likely N-dealkylation sites (tertiary alicyclic amines) is 1. The van der Waals surface area contributed by atoms with E-state index in [-0.39, 0.29) is 5.91 Å². The van der Waals surface area contributed by atoms with Gasteiger partial charge in [-0.25, -0.2) is 8.42 Å². The molecule has 1 heterocycles. The van der Waals surface area contributed by atoms with Crippen LogP contribution in [0.5, 0.6) is 0 Å². The highest BCUT2D eigenvalue weighted by molar-refractivity contribution is 9.10. The van der Waals surface area contributed by atoms with Crippen molar-refractivity contribution >= 4 is 49.1 Å². The maximum Gasteiger partial charge on any atom is 0.255 e. The number of hydrogen-bond acceptors (Lipinski definition) is 4. The van der Waals surface area contributed by atoms with Crippen molar-refractivity contribution in [3.8, 4) is 0 Å². The molecule has 3 rings (SSSR count). The Hall–Kier alpha value is -2.39. The van der Waals surface area contributed by atoms with Crippen molar-refractivity contribution in [3.05, 3.63) is 58.6 Å². The quantitative estimate of drug-likeness (QED) is 0.642. The highest BCUT2D eigenvalue weighted by Crippen LogP contribution is 2.22. The molecule has 1 aliphatic rings. The van der Waals surface area contributed by atoms with Gasteiger partial charge in [-0.1, -0.05) is 40.9 Å². The molecule has 0 radical (unpaired) electrons. The molecule has 1 aliphatic heterocycles. The number of carbonyl (C=O) groups is 2. The predicted molar refractivity (Wildman–Crippen MR) is 126 cm³/mol. The molecule has 2 amide bonds. The highest BCUT2D eigenvalue weighted by Gasteiger charge is 2.23. The minimum Gasteiger partial charge on any atom is -0.339 e. The number of anilines is 2. The second-order valence-corrected chi connectivity index (χ2v) is 10.4. The van der Waals surface area contributed by atoms with E-state index in [0.29, 0.717) is 30.0 Å². The fraction of sp³-hybridized carbons (Fsp3) is 0.364. The molecule has 31 heavy (non-hydrogen) atoms. The van der Waals surface area contributed by atoms with Crippen molar-refractivity contribution < 1.29 is 18.0 Å². The molecule has 0 unspecified atom stereocenters. The lowest BCUT2D eigenvalue weighted by molar-refractivity contribution is -0.114. The van der Waals surface area contributed by atoms with E-state index in [1.54, 1.807) is 48.5 Å². The first kappa shape index (κ1) is 23.3. The van der Waals surface area contributed by atoms with Gasteiger partial charge in [0, 0.05) is 17.6 Å². The van der Waals surface area contributed by atoms with Crippen molar-refractivity contribution in [3.63, 3.8) is 0 Å².